The number of aromatic nitrogens is 2. The fourth-order valence-corrected chi connectivity index (χ4v) is 2.60. The summed E-state index contributed by atoms with van der Waals surface area (Å²) in [6.07, 6.45) is 4.84. The quantitative estimate of drug-likeness (QED) is 0.762. The van der Waals surface area contributed by atoms with Crippen molar-refractivity contribution in [1.29, 1.82) is 0 Å². The first kappa shape index (κ1) is 15.0. The third kappa shape index (κ3) is 4.32. The zero-order valence-electron chi connectivity index (χ0n) is 12.3. The number of rotatable bonds is 6. The van der Waals surface area contributed by atoms with Crippen LogP contribution < -0.4 is 0 Å². The highest BCUT2D eigenvalue weighted by Gasteiger charge is 2.04. The minimum Gasteiger partial charge on any atom is -0.296 e. The maximum Gasteiger partial charge on any atom is 0.128 e. The van der Waals surface area contributed by atoms with Gasteiger partial charge in [0.1, 0.15) is 5.82 Å². The van der Waals surface area contributed by atoms with Gasteiger partial charge in [0.05, 0.1) is 5.69 Å². The van der Waals surface area contributed by atoms with E-state index >= 15 is 0 Å². The van der Waals surface area contributed by atoms with Gasteiger partial charge in [-0.25, -0.2) is 9.97 Å². The molecule has 0 aliphatic rings. The first-order chi connectivity index (χ1) is 9.71. The van der Waals surface area contributed by atoms with Crippen LogP contribution in [0.4, 0.5) is 0 Å². The fourth-order valence-electron chi connectivity index (χ4n) is 2.11. The summed E-state index contributed by atoms with van der Waals surface area (Å²) in [6.45, 7) is 3.86. The number of thioether (sulfide) groups is 1. The Morgan fingerprint density at radius 3 is 2.80 bits per heavy atom. The number of nitrogens with zero attached hydrogens (tertiary/aromatic N) is 3. The normalized spacial score (nSPS) is 11.0. The molecule has 0 saturated carbocycles. The van der Waals surface area contributed by atoms with Crippen LogP contribution in [0.3, 0.4) is 0 Å². The lowest BCUT2D eigenvalue weighted by Gasteiger charge is -2.16. The molecule has 0 radical (unpaired) electrons. The molecule has 0 aliphatic heterocycles. The van der Waals surface area contributed by atoms with Gasteiger partial charge in [-0.1, -0.05) is 19.1 Å². The first-order valence-electron chi connectivity index (χ1n) is 6.83. The molecule has 0 saturated heterocycles. The highest BCUT2D eigenvalue weighted by Crippen LogP contribution is 2.17. The maximum absolute atomic E-state index is 4.55. The minimum absolute atomic E-state index is 0.846. The topological polar surface area (TPSA) is 29.0 Å². The van der Waals surface area contributed by atoms with E-state index in [1.165, 1.54) is 10.5 Å². The van der Waals surface area contributed by atoms with Gasteiger partial charge in [0.15, 0.2) is 0 Å². The Morgan fingerprint density at radius 2 is 2.05 bits per heavy atom. The maximum atomic E-state index is 4.55. The van der Waals surface area contributed by atoms with Crippen LogP contribution in [-0.2, 0) is 19.5 Å². The molecule has 0 spiro atoms. The van der Waals surface area contributed by atoms with E-state index in [0.717, 1.165) is 31.0 Å². The van der Waals surface area contributed by atoms with Crippen LogP contribution in [-0.4, -0.2) is 28.2 Å². The summed E-state index contributed by atoms with van der Waals surface area (Å²) in [7, 11) is 2.12. The van der Waals surface area contributed by atoms with Crippen molar-refractivity contribution in [3.05, 3.63) is 53.6 Å². The molecule has 2 rings (SSSR count). The molecular formula is C16H21N3S. The third-order valence-corrected chi connectivity index (χ3v) is 3.82. The van der Waals surface area contributed by atoms with Crippen molar-refractivity contribution < 1.29 is 0 Å². The number of hydrogen-bond donors (Lipinski definition) is 0. The van der Waals surface area contributed by atoms with Gasteiger partial charge in [0.25, 0.3) is 0 Å². The van der Waals surface area contributed by atoms with Crippen molar-refractivity contribution in [2.75, 3.05) is 13.3 Å². The first-order valence-corrected chi connectivity index (χ1v) is 8.06. The van der Waals surface area contributed by atoms with Crippen LogP contribution in [0.15, 0.2) is 41.4 Å². The Kier molecular flexibility index (Phi) is 5.56. The molecule has 0 fully saturated rings. The SMILES string of the molecule is CCc1nccc(CN(C)Cc2cccc(SC)c2)n1. The molecule has 0 N–H and O–H groups in total. The van der Waals surface area contributed by atoms with Gasteiger partial charge in [-0.2, -0.15) is 0 Å². The van der Waals surface area contributed by atoms with Gasteiger partial charge in [-0.15, -0.1) is 11.8 Å². The fraction of sp³-hybridized carbons (Fsp3) is 0.375. The highest BCUT2D eigenvalue weighted by molar-refractivity contribution is 7.98. The van der Waals surface area contributed by atoms with Crippen LogP contribution in [0.25, 0.3) is 0 Å². The number of benzene rings is 1. The van der Waals surface area contributed by atoms with Crippen LogP contribution in [0.5, 0.6) is 0 Å². The second kappa shape index (κ2) is 7.41. The minimum atomic E-state index is 0.846. The van der Waals surface area contributed by atoms with Gasteiger partial charge < -0.3 is 0 Å². The summed E-state index contributed by atoms with van der Waals surface area (Å²) in [5, 5.41) is 0. The Labute approximate surface area is 125 Å². The molecule has 1 aromatic heterocycles. The number of aryl methyl sites for hydroxylation is 1. The van der Waals surface area contributed by atoms with E-state index in [1.54, 1.807) is 11.8 Å². The average Bonchev–Trinajstić information content (AvgIpc) is 2.47. The second-order valence-corrected chi connectivity index (χ2v) is 5.72. The van der Waals surface area contributed by atoms with Crippen LogP contribution in [0, 0.1) is 0 Å². The predicted molar refractivity (Wildman–Crippen MR) is 84.8 cm³/mol. The highest BCUT2D eigenvalue weighted by atomic mass is 32.2. The van der Waals surface area contributed by atoms with E-state index < -0.39 is 0 Å². The van der Waals surface area contributed by atoms with Gasteiger partial charge in [-0.3, -0.25) is 4.90 Å². The average molecular weight is 287 g/mol. The van der Waals surface area contributed by atoms with Crippen molar-refractivity contribution in [2.24, 2.45) is 0 Å². The van der Waals surface area contributed by atoms with Gasteiger partial charge in [0.2, 0.25) is 0 Å². The summed E-state index contributed by atoms with van der Waals surface area (Å²) in [5.74, 6) is 0.917. The predicted octanol–water partition coefficient (Wildman–Crippen LogP) is 3.39. The largest absolute Gasteiger partial charge is 0.296 e. The lowest BCUT2D eigenvalue weighted by Crippen LogP contribution is -2.18. The second-order valence-electron chi connectivity index (χ2n) is 4.84. The molecule has 3 nitrogen and oxygen atoms in total. The van der Waals surface area contributed by atoms with Crippen molar-refractivity contribution >= 4 is 11.8 Å². The third-order valence-electron chi connectivity index (χ3n) is 3.10. The zero-order valence-corrected chi connectivity index (χ0v) is 13.2. The summed E-state index contributed by atoms with van der Waals surface area (Å²) in [6, 6.07) is 10.7. The molecule has 0 amide bonds. The Morgan fingerprint density at radius 1 is 1.20 bits per heavy atom. The smallest absolute Gasteiger partial charge is 0.128 e. The van der Waals surface area contributed by atoms with E-state index in [-0.39, 0.29) is 0 Å². The molecule has 4 heteroatoms. The molecule has 0 atom stereocenters. The van der Waals surface area contributed by atoms with Crippen LogP contribution in [0.1, 0.15) is 24.0 Å². The zero-order chi connectivity index (χ0) is 14.4. The lowest BCUT2D eigenvalue weighted by molar-refractivity contribution is 0.314. The van der Waals surface area contributed by atoms with Crippen LogP contribution in [0.2, 0.25) is 0 Å². The molecule has 2 aromatic rings. The van der Waals surface area contributed by atoms with Crippen molar-refractivity contribution in [3.8, 4) is 0 Å². The summed E-state index contributed by atoms with van der Waals surface area (Å²) in [4.78, 5) is 12.4. The summed E-state index contributed by atoms with van der Waals surface area (Å²) < 4.78 is 0. The molecule has 0 unspecified atom stereocenters. The Balaban J connectivity index is 1.99. The standard InChI is InChI=1S/C16H21N3S/c1-4-16-17-9-8-14(18-16)12-19(2)11-13-6-5-7-15(10-13)20-3/h5-10H,4,11-12H2,1-3H3. The van der Waals surface area contributed by atoms with Crippen LogP contribution >= 0.6 is 11.8 Å². The van der Waals surface area contributed by atoms with Gasteiger partial charge in [-0.05, 0) is 37.1 Å². The lowest BCUT2D eigenvalue weighted by atomic mass is 10.2. The van der Waals surface area contributed by atoms with E-state index in [1.807, 2.05) is 12.3 Å². The Hall–Kier alpha value is -1.39. The van der Waals surface area contributed by atoms with E-state index in [4.69, 9.17) is 0 Å². The molecule has 0 aliphatic carbocycles. The van der Waals surface area contributed by atoms with E-state index in [9.17, 15) is 0 Å². The van der Waals surface area contributed by atoms with Crippen molar-refractivity contribution in [3.63, 3.8) is 0 Å². The summed E-state index contributed by atoms with van der Waals surface area (Å²) >= 11 is 1.78. The molecule has 1 aromatic carbocycles. The van der Waals surface area contributed by atoms with Gasteiger partial charge in [0, 0.05) is 30.6 Å². The Bertz CT molecular complexity index is 507. The van der Waals surface area contributed by atoms with E-state index in [0.29, 0.717) is 0 Å². The molecule has 20 heavy (non-hydrogen) atoms. The van der Waals surface area contributed by atoms with E-state index in [2.05, 4.69) is 59.4 Å². The molecule has 1 heterocycles. The summed E-state index contributed by atoms with van der Waals surface area (Å²) in [5.41, 5.74) is 2.42. The van der Waals surface area contributed by atoms with Crippen molar-refractivity contribution in [1.82, 2.24) is 14.9 Å². The molecule has 0 bridgehead atoms. The number of hydrogen-bond acceptors (Lipinski definition) is 4. The molecule has 106 valence electrons. The molecular weight excluding hydrogens is 266 g/mol. The van der Waals surface area contributed by atoms with Crippen molar-refractivity contribution in [2.45, 2.75) is 31.3 Å². The van der Waals surface area contributed by atoms with Gasteiger partial charge >= 0.3 is 0 Å². The monoisotopic (exact) mass is 287 g/mol.